The molecule has 2 fully saturated rings. The van der Waals surface area contributed by atoms with Crippen LogP contribution in [0.3, 0.4) is 0 Å². The van der Waals surface area contributed by atoms with Crippen LogP contribution in [0.1, 0.15) is 84.6 Å². The van der Waals surface area contributed by atoms with Gasteiger partial charge < -0.3 is 4.90 Å². The number of imide groups is 1. The summed E-state index contributed by atoms with van der Waals surface area (Å²) < 4.78 is 0. The highest BCUT2D eigenvalue weighted by Gasteiger charge is 2.31. The standard InChI is InChI=1S/C29H43N3O2/c1-5-6-16-30-17-19-31(20-18-30)26-15-14-24(32-27(33)8-7-9-28(32)34)21-25(26)22-10-12-23(13-11-22)29(2,3)4/h10,14-15,21,23H,5-9,11-13,16-20H2,1-4H3. The zero-order valence-corrected chi connectivity index (χ0v) is 21.7. The number of piperazine rings is 1. The van der Waals surface area contributed by atoms with Gasteiger partial charge in [0.25, 0.3) is 0 Å². The molecule has 2 saturated heterocycles. The topological polar surface area (TPSA) is 43.9 Å². The first-order chi connectivity index (χ1) is 16.3. The van der Waals surface area contributed by atoms with Crippen molar-refractivity contribution >= 4 is 28.8 Å². The van der Waals surface area contributed by atoms with Crippen LogP contribution in [0.15, 0.2) is 24.3 Å². The average molecular weight is 466 g/mol. The van der Waals surface area contributed by atoms with E-state index in [0.717, 1.165) is 44.7 Å². The Kier molecular flexibility index (Phi) is 7.81. The molecule has 2 amide bonds. The van der Waals surface area contributed by atoms with Crippen LogP contribution in [0, 0.1) is 11.3 Å². The van der Waals surface area contributed by atoms with E-state index in [9.17, 15) is 9.59 Å². The van der Waals surface area contributed by atoms with Crippen molar-refractivity contribution in [3.8, 4) is 0 Å². The van der Waals surface area contributed by atoms with Crippen molar-refractivity contribution in [1.29, 1.82) is 0 Å². The van der Waals surface area contributed by atoms with E-state index in [4.69, 9.17) is 0 Å². The number of carbonyl (C=O) groups is 2. The fourth-order valence-electron chi connectivity index (χ4n) is 5.70. The van der Waals surface area contributed by atoms with Crippen molar-refractivity contribution in [2.45, 2.75) is 79.1 Å². The van der Waals surface area contributed by atoms with Gasteiger partial charge in [-0.1, -0.05) is 40.2 Å². The number of benzene rings is 1. The molecule has 5 nitrogen and oxygen atoms in total. The van der Waals surface area contributed by atoms with E-state index >= 15 is 0 Å². The lowest BCUT2D eigenvalue weighted by atomic mass is 9.72. The van der Waals surface area contributed by atoms with Crippen molar-refractivity contribution in [3.63, 3.8) is 0 Å². The molecular formula is C29H43N3O2. The molecule has 3 aliphatic rings. The van der Waals surface area contributed by atoms with E-state index in [-0.39, 0.29) is 11.8 Å². The van der Waals surface area contributed by atoms with Gasteiger partial charge in [-0.05, 0) is 73.8 Å². The summed E-state index contributed by atoms with van der Waals surface area (Å²) >= 11 is 0. The second-order valence-corrected chi connectivity index (χ2v) is 11.4. The van der Waals surface area contributed by atoms with E-state index in [2.05, 4.69) is 55.7 Å². The minimum absolute atomic E-state index is 0.0649. The van der Waals surface area contributed by atoms with Crippen molar-refractivity contribution in [2.75, 3.05) is 42.5 Å². The van der Waals surface area contributed by atoms with Crippen LogP contribution < -0.4 is 9.80 Å². The maximum atomic E-state index is 12.6. The monoisotopic (exact) mass is 465 g/mol. The Balaban J connectivity index is 1.63. The van der Waals surface area contributed by atoms with Crippen LogP contribution in [-0.2, 0) is 9.59 Å². The molecule has 1 aromatic carbocycles. The molecule has 0 bridgehead atoms. The molecule has 0 aromatic heterocycles. The molecule has 34 heavy (non-hydrogen) atoms. The minimum Gasteiger partial charge on any atom is -0.368 e. The van der Waals surface area contributed by atoms with Gasteiger partial charge in [-0.3, -0.25) is 19.4 Å². The number of amides is 2. The van der Waals surface area contributed by atoms with E-state index in [1.165, 1.54) is 47.5 Å². The summed E-state index contributed by atoms with van der Waals surface area (Å²) in [6.45, 7) is 14.7. The highest BCUT2D eigenvalue weighted by Crippen LogP contribution is 2.43. The number of rotatable bonds is 6. The SMILES string of the molecule is CCCCN1CCN(c2ccc(N3C(=O)CCCC3=O)cc2C2=CCC(C(C)(C)C)CC2)CC1. The van der Waals surface area contributed by atoms with Crippen molar-refractivity contribution < 1.29 is 9.59 Å². The third-order valence-electron chi connectivity index (χ3n) is 8.04. The number of hydrogen-bond acceptors (Lipinski definition) is 4. The van der Waals surface area contributed by atoms with Crippen molar-refractivity contribution in [1.82, 2.24) is 4.90 Å². The third-order valence-corrected chi connectivity index (χ3v) is 8.04. The Bertz CT molecular complexity index is 906. The van der Waals surface area contributed by atoms with Gasteiger partial charge in [0.05, 0.1) is 5.69 Å². The first kappa shape index (κ1) is 25.0. The van der Waals surface area contributed by atoms with Crippen LogP contribution >= 0.6 is 0 Å². The molecule has 1 aromatic rings. The maximum Gasteiger partial charge on any atom is 0.233 e. The highest BCUT2D eigenvalue weighted by molar-refractivity contribution is 6.16. The minimum atomic E-state index is -0.0649. The number of anilines is 2. The summed E-state index contributed by atoms with van der Waals surface area (Å²) in [6, 6.07) is 6.28. The van der Waals surface area contributed by atoms with Crippen LogP contribution in [0.2, 0.25) is 0 Å². The van der Waals surface area contributed by atoms with Gasteiger partial charge in [-0.25, -0.2) is 0 Å². The maximum absolute atomic E-state index is 12.6. The second-order valence-electron chi connectivity index (χ2n) is 11.4. The molecule has 186 valence electrons. The predicted molar refractivity (Wildman–Crippen MR) is 141 cm³/mol. The van der Waals surface area contributed by atoms with E-state index in [1.54, 1.807) is 0 Å². The molecule has 2 aliphatic heterocycles. The molecule has 0 radical (unpaired) electrons. The number of nitrogens with zero attached hydrogens (tertiary/aromatic N) is 3. The Labute approximate surface area is 206 Å². The molecule has 5 heteroatoms. The Morgan fingerprint density at radius 2 is 1.68 bits per heavy atom. The summed E-state index contributed by atoms with van der Waals surface area (Å²) in [5, 5.41) is 0. The molecular weight excluding hydrogens is 422 g/mol. The molecule has 1 atom stereocenters. The lowest BCUT2D eigenvalue weighted by Crippen LogP contribution is -2.47. The number of carbonyl (C=O) groups excluding carboxylic acids is 2. The fourth-order valence-corrected chi connectivity index (χ4v) is 5.70. The summed E-state index contributed by atoms with van der Waals surface area (Å²) in [6.07, 6.45) is 9.84. The lowest BCUT2D eigenvalue weighted by molar-refractivity contribution is -0.129. The molecule has 2 heterocycles. The third kappa shape index (κ3) is 5.56. The quantitative estimate of drug-likeness (QED) is 0.492. The fraction of sp³-hybridized carbons (Fsp3) is 0.655. The number of allylic oxidation sites excluding steroid dienone is 2. The Morgan fingerprint density at radius 1 is 0.971 bits per heavy atom. The van der Waals surface area contributed by atoms with Crippen LogP contribution in [0.4, 0.5) is 11.4 Å². The normalized spacial score (nSPS) is 22.8. The van der Waals surface area contributed by atoms with Gasteiger partial charge >= 0.3 is 0 Å². The molecule has 0 spiro atoms. The molecule has 1 aliphatic carbocycles. The first-order valence-corrected chi connectivity index (χ1v) is 13.4. The van der Waals surface area contributed by atoms with Gasteiger partial charge in [0.15, 0.2) is 0 Å². The smallest absolute Gasteiger partial charge is 0.233 e. The molecule has 0 saturated carbocycles. The van der Waals surface area contributed by atoms with E-state index in [1.807, 2.05) is 6.07 Å². The number of piperidine rings is 1. The van der Waals surface area contributed by atoms with Gasteiger partial charge in [-0.2, -0.15) is 0 Å². The Morgan fingerprint density at radius 3 is 2.26 bits per heavy atom. The predicted octanol–water partition coefficient (Wildman–Crippen LogP) is 5.88. The van der Waals surface area contributed by atoms with Gasteiger partial charge in [0, 0.05) is 50.3 Å². The van der Waals surface area contributed by atoms with E-state index in [0.29, 0.717) is 30.6 Å². The molecule has 4 rings (SSSR count). The van der Waals surface area contributed by atoms with Crippen LogP contribution in [0.5, 0.6) is 0 Å². The van der Waals surface area contributed by atoms with E-state index < -0.39 is 0 Å². The van der Waals surface area contributed by atoms with Crippen molar-refractivity contribution in [3.05, 3.63) is 29.8 Å². The Hall–Kier alpha value is -2.14. The molecule has 1 unspecified atom stereocenters. The second kappa shape index (κ2) is 10.6. The van der Waals surface area contributed by atoms with Gasteiger partial charge in [0.1, 0.15) is 0 Å². The number of unbranched alkanes of at least 4 members (excludes halogenated alkanes) is 1. The molecule has 0 N–H and O–H groups in total. The zero-order valence-electron chi connectivity index (χ0n) is 21.7. The summed E-state index contributed by atoms with van der Waals surface area (Å²) in [4.78, 5) is 31.8. The largest absolute Gasteiger partial charge is 0.368 e. The highest BCUT2D eigenvalue weighted by atomic mass is 16.2. The zero-order chi connectivity index (χ0) is 24.3. The summed E-state index contributed by atoms with van der Waals surface area (Å²) in [5.41, 5.74) is 4.92. The van der Waals surface area contributed by atoms with Gasteiger partial charge in [-0.15, -0.1) is 0 Å². The van der Waals surface area contributed by atoms with Crippen LogP contribution in [0.25, 0.3) is 5.57 Å². The summed E-state index contributed by atoms with van der Waals surface area (Å²) in [7, 11) is 0. The number of hydrogen-bond donors (Lipinski definition) is 0. The van der Waals surface area contributed by atoms with Crippen molar-refractivity contribution in [2.24, 2.45) is 11.3 Å². The average Bonchev–Trinajstić information content (AvgIpc) is 2.82. The first-order valence-electron chi connectivity index (χ1n) is 13.4. The van der Waals surface area contributed by atoms with Crippen LogP contribution in [-0.4, -0.2) is 49.4 Å². The lowest BCUT2D eigenvalue weighted by Gasteiger charge is -2.38. The van der Waals surface area contributed by atoms with Gasteiger partial charge in [0.2, 0.25) is 11.8 Å². The summed E-state index contributed by atoms with van der Waals surface area (Å²) in [5.74, 6) is 0.560.